The van der Waals surface area contributed by atoms with E-state index >= 15 is 0 Å². The van der Waals surface area contributed by atoms with Gasteiger partial charge in [-0.05, 0) is 89.9 Å². The molecule has 0 fully saturated rings. The maximum Gasteiger partial charge on any atom is 0.306 e. The van der Waals surface area contributed by atoms with Gasteiger partial charge in [-0.25, -0.2) is 0 Å². The largest absolute Gasteiger partial charge is 0.462 e. The molecule has 0 aliphatic rings. The molecule has 0 aromatic carbocycles. The lowest BCUT2D eigenvalue weighted by molar-refractivity contribution is -0.163. The molecule has 0 aliphatic heterocycles. The van der Waals surface area contributed by atoms with E-state index in [4.69, 9.17) is 14.2 Å². The van der Waals surface area contributed by atoms with Gasteiger partial charge in [-0.2, -0.15) is 0 Å². The Morgan fingerprint density at radius 2 is 0.652 bits per heavy atom. The van der Waals surface area contributed by atoms with Crippen molar-refractivity contribution < 1.29 is 23.8 Å². The highest BCUT2D eigenvalue weighted by Crippen LogP contribution is 2.15. The van der Waals surface area contributed by atoms with E-state index in [1.54, 1.807) is 0 Å². The normalized spacial score (nSPS) is 12.7. The number of rotatable bonds is 52. The molecule has 0 aliphatic carbocycles. The molecule has 0 aromatic rings. The Morgan fingerprint density at radius 1 is 0.333 bits per heavy atom. The lowest BCUT2D eigenvalue weighted by atomic mass is 10.0. The average Bonchev–Trinajstić information content (AvgIpc) is 3.32. The van der Waals surface area contributed by atoms with Gasteiger partial charge < -0.3 is 14.2 Å². The fourth-order valence-electron chi connectivity index (χ4n) is 7.95. The highest BCUT2D eigenvalue weighted by atomic mass is 16.6. The summed E-state index contributed by atoms with van der Waals surface area (Å²) in [5, 5.41) is 0. The van der Waals surface area contributed by atoms with Gasteiger partial charge in [-0.15, -0.1) is 0 Å². The average molecular weight is 922 g/mol. The number of allylic oxidation sites excluding steroid dienone is 12. The Morgan fingerprint density at radius 3 is 1.09 bits per heavy atom. The number of carbonyl (C=O) groups excluding carboxylic acids is 2. The molecule has 66 heavy (non-hydrogen) atoms. The van der Waals surface area contributed by atoms with E-state index in [1.807, 2.05) is 0 Å². The predicted molar refractivity (Wildman–Crippen MR) is 288 cm³/mol. The molecule has 0 rings (SSSR count). The van der Waals surface area contributed by atoms with Crippen molar-refractivity contribution >= 4 is 11.9 Å². The number of carbonyl (C=O) groups is 2. The summed E-state index contributed by atoms with van der Waals surface area (Å²) in [5.41, 5.74) is 0. The first-order valence-electron chi connectivity index (χ1n) is 28.5. The Balaban J connectivity index is 4.38. The number of hydrogen-bond donors (Lipinski definition) is 0. The van der Waals surface area contributed by atoms with E-state index in [-0.39, 0.29) is 25.2 Å². The van der Waals surface area contributed by atoms with Gasteiger partial charge in [0.2, 0.25) is 0 Å². The lowest BCUT2D eigenvalue weighted by Crippen LogP contribution is -2.30. The number of esters is 2. The predicted octanol–water partition coefficient (Wildman–Crippen LogP) is 19.5. The van der Waals surface area contributed by atoms with Gasteiger partial charge in [0.15, 0.2) is 6.10 Å². The van der Waals surface area contributed by atoms with E-state index in [0.717, 1.165) is 83.5 Å². The van der Waals surface area contributed by atoms with Gasteiger partial charge in [0.05, 0.1) is 6.61 Å². The van der Waals surface area contributed by atoms with Crippen molar-refractivity contribution in [1.82, 2.24) is 0 Å². The molecule has 0 aromatic heterocycles. The minimum atomic E-state index is -0.569. The van der Waals surface area contributed by atoms with Crippen LogP contribution in [0.1, 0.15) is 278 Å². The molecule has 0 amide bonds. The molecule has 0 saturated heterocycles. The first-order valence-corrected chi connectivity index (χ1v) is 28.5. The zero-order valence-electron chi connectivity index (χ0n) is 44.0. The standard InChI is InChI=1S/C61H108O5/c1-4-7-10-13-16-19-22-25-28-31-33-36-39-42-45-48-51-54-60(62)65-58-59(57-64-56-53-50-47-44-41-38-35-30-27-24-21-18-15-12-9-6-3)66-61(63)55-52-49-46-43-40-37-34-32-29-26-23-20-17-14-11-8-5-2/h17,20,25-26,28-29,33-34,36-37,42,45,59H,4-16,18-19,21-24,27,30-32,35,38-41,43-44,46-58H2,1-3H3/b20-17-,28-25-,29-26-,36-33-,37-34-,45-42-/t59-/m1/s1. The first-order chi connectivity index (χ1) is 32.6. The van der Waals surface area contributed by atoms with Crippen molar-refractivity contribution in [3.63, 3.8) is 0 Å². The van der Waals surface area contributed by atoms with Crippen molar-refractivity contribution in [3.8, 4) is 0 Å². The van der Waals surface area contributed by atoms with Crippen molar-refractivity contribution in [1.29, 1.82) is 0 Å². The summed E-state index contributed by atoms with van der Waals surface area (Å²) in [6.45, 7) is 7.75. The highest BCUT2D eigenvalue weighted by molar-refractivity contribution is 5.70. The van der Waals surface area contributed by atoms with Gasteiger partial charge in [-0.1, -0.05) is 248 Å². The van der Waals surface area contributed by atoms with Gasteiger partial charge in [-0.3, -0.25) is 9.59 Å². The van der Waals surface area contributed by atoms with Crippen LogP contribution in [0, 0.1) is 0 Å². The zero-order chi connectivity index (χ0) is 47.7. The number of unbranched alkanes of at least 4 members (excludes halogenated alkanes) is 29. The third-order valence-electron chi connectivity index (χ3n) is 12.2. The second-order valence-corrected chi connectivity index (χ2v) is 18.8. The highest BCUT2D eigenvalue weighted by Gasteiger charge is 2.17. The number of hydrogen-bond acceptors (Lipinski definition) is 5. The first kappa shape index (κ1) is 63.3. The minimum absolute atomic E-state index is 0.0504. The molecular weight excluding hydrogens is 813 g/mol. The molecule has 0 unspecified atom stereocenters. The topological polar surface area (TPSA) is 61.8 Å². The Bertz CT molecular complexity index is 1180. The quantitative estimate of drug-likeness (QED) is 0.0346. The Kier molecular flexibility index (Phi) is 54.4. The molecule has 0 N–H and O–H groups in total. The maximum absolute atomic E-state index is 12.8. The second kappa shape index (κ2) is 56.7. The van der Waals surface area contributed by atoms with Crippen LogP contribution in [0.2, 0.25) is 0 Å². The van der Waals surface area contributed by atoms with Crippen molar-refractivity contribution in [2.24, 2.45) is 0 Å². The van der Waals surface area contributed by atoms with Crippen LogP contribution in [0.25, 0.3) is 0 Å². The fraction of sp³-hybridized carbons (Fsp3) is 0.770. The van der Waals surface area contributed by atoms with Crippen molar-refractivity contribution in [3.05, 3.63) is 72.9 Å². The molecule has 0 bridgehead atoms. The zero-order valence-corrected chi connectivity index (χ0v) is 44.0. The molecule has 0 radical (unpaired) electrons. The SMILES string of the molecule is CCCCC/C=C\C/C=C\C/C=C\CCCCCCC(=O)O[C@H](COCCCCCCCCCCCCCCCCCC)COC(=O)CCC/C=C\C/C=C\C/C=C\CCCCCCCC. The van der Waals surface area contributed by atoms with E-state index in [2.05, 4.69) is 93.7 Å². The van der Waals surface area contributed by atoms with Gasteiger partial charge in [0, 0.05) is 19.4 Å². The Labute approximate surface area is 410 Å². The second-order valence-electron chi connectivity index (χ2n) is 18.8. The van der Waals surface area contributed by atoms with Crippen LogP contribution in [0.3, 0.4) is 0 Å². The van der Waals surface area contributed by atoms with E-state index < -0.39 is 6.10 Å². The molecule has 1 atom stereocenters. The fourth-order valence-corrected chi connectivity index (χ4v) is 7.95. The summed E-state index contributed by atoms with van der Waals surface area (Å²) in [6.07, 6.45) is 73.5. The third kappa shape index (κ3) is 54.0. The molecule has 0 saturated carbocycles. The van der Waals surface area contributed by atoms with Crippen molar-refractivity contribution in [2.45, 2.75) is 284 Å². The van der Waals surface area contributed by atoms with Crippen LogP contribution < -0.4 is 0 Å². The summed E-state index contributed by atoms with van der Waals surface area (Å²) in [7, 11) is 0. The van der Waals surface area contributed by atoms with E-state index in [1.165, 1.54) is 161 Å². The summed E-state index contributed by atoms with van der Waals surface area (Å²) >= 11 is 0. The van der Waals surface area contributed by atoms with Crippen LogP contribution in [0.15, 0.2) is 72.9 Å². The summed E-state index contributed by atoms with van der Waals surface area (Å²) in [4.78, 5) is 25.5. The molecule has 0 heterocycles. The smallest absolute Gasteiger partial charge is 0.306 e. The molecule has 382 valence electrons. The van der Waals surface area contributed by atoms with Crippen LogP contribution in [-0.2, 0) is 23.8 Å². The number of ether oxygens (including phenoxy) is 3. The van der Waals surface area contributed by atoms with E-state index in [9.17, 15) is 9.59 Å². The van der Waals surface area contributed by atoms with Crippen LogP contribution >= 0.6 is 0 Å². The Hall–Kier alpha value is -2.66. The summed E-state index contributed by atoms with van der Waals surface area (Å²) < 4.78 is 17.4. The molecule has 0 spiro atoms. The molecule has 5 nitrogen and oxygen atoms in total. The van der Waals surface area contributed by atoms with E-state index in [0.29, 0.717) is 19.4 Å². The van der Waals surface area contributed by atoms with Gasteiger partial charge >= 0.3 is 11.9 Å². The summed E-state index contributed by atoms with van der Waals surface area (Å²) in [6, 6.07) is 0. The molecule has 5 heteroatoms. The van der Waals surface area contributed by atoms with Crippen molar-refractivity contribution in [2.75, 3.05) is 19.8 Å². The maximum atomic E-state index is 12.8. The van der Waals surface area contributed by atoms with Crippen LogP contribution in [0.5, 0.6) is 0 Å². The van der Waals surface area contributed by atoms with Gasteiger partial charge in [0.25, 0.3) is 0 Å². The van der Waals surface area contributed by atoms with Gasteiger partial charge in [0.1, 0.15) is 6.61 Å². The summed E-state index contributed by atoms with van der Waals surface area (Å²) in [5.74, 6) is -0.474. The van der Waals surface area contributed by atoms with Crippen LogP contribution in [0.4, 0.5) is 0 Å². The minimum Gasteiger partial charge on any atom is -0.462 e. The van der Waals surface area contributed by atoms with Crippen LogP contribution in [-0.4, -0.2) is 37.9 Å². The third-order valence-corrected chi connectivity index (χ3v) is 12.2. The monoisotopic (exact) mass is 921 g/mol. The molecular formula is C61H108O5. The lowest BCUT2D eigenvalue weighted by Gasteiger charge is -2.18.